The van der Waals surface area contributed by atoms with Crippen molar-refractivity contribution in [1.82, 2.24) is 0 Å². The van der Waals surface area contributed by atoms with Gasteiger partial charge in [-0.15, -0.1) is 12.4 Å². The van der Waals surface area contributed by atoms with Gasteiger partial charge in [-0.25, -0.2) is 0 Å². The fraction of sp³-hybridized carbons (Fsp3) is 0. The Morgan fingerprint density at radius 2 is 1.73 bits per heavy atom. The summed E-state index contributed by atoms with van der Waals surface area (Å²) in [6.45, 7) is 0. The smallest absolute Gasteiger partial charge is 0.258 e. The topological polar surface area (TPSA) is 43.1 Å². The van der Waals surface area contributed by atoms with Crippen LogP contribution in [0.1, 0.15) is 0 Å². The van der Waals surface area contributed by atoms with E-state index in [1.54, 1.807) is 0 Å². The number of rotatable bonds is 1. The molecule has 1 aromatic rings. The molecule has 1 aromatic carbocycles. The normalized spacial score (nSPS) is 8.45. The number of non-ortho nitro benzene ring substituents is 1. The molecule has 0 N–H and O–H groups in total. The molecular weight excluding hydrogens is 189 g/mol. The first-order chi connectivity index (χ1) is 4.70. The molecule has 3 nitrogen and oxygen atoms in total. The molecular formula is C6H5Cl2NO2. The van der Waals surface area contributed by atoms with Gasteiger partial charge in [0.05, 0.1) is 4.92 Å². The van der Waals surface area contributed by atoms with Gasteiger partial charge in [0.1, 0.15) is 0 Å². The molecule has 0 saturated heterocycles. The minimum absolute atomic E-state index is 0. The molecule has 0 saturated carbocycles. The van der Waals surface area contributed by atoms with E-state index >= 15 is 0 Å². The lowest BCUT2D eigenvalue weighted by Crippen LogP contribution is -1.85. The van der Waals surface area contributed by atoms with Crippen molar-refractivity contribution in [2.24, 2.45) is 0 Å². The summed E-state index contributed by atoms with van der Waals surface area (Å²) in [5.41, 5.74) is 0.0596. The average Bonchev–Trinajstić information content (AvgIpc) is 1.88. The summed E-state index contributed by atoms with van der Waals surface area (Å²) in [7, 11) is 0. The molecule has 11 heavy (non-hydrogen) atoms. The predicted octanol–water partition coefficient (Wildman–Crippen LogP) is 2.67. The summed E-state index contributed by atoms with van der Waals surface area (Å²) in [4.78, 5) is 9.61. The molecule has 0 aliphatic heterocycles. The molecule has 1 rings (SSSR count). The van der Waals surface area contributed by atoms with Crippen LogP contribution in [0.25, 0.3) is 0 Å². The Morgan fingerprint density at radius 1 is 1.27 bits per heavy atom. The summed E-state index contributed by atoms with van der Waals surface area (Å²) < 4.78 is 0. The first kappa shape index (κ1) is 10.2. The van der Waals surface area contributed by atoms with Crippen molar-refractivity contribution in [1.29, 1.82) is 0 Å². The first-order valence-electron chi connectivity index (χ1n) is 2.60. The van der Waals surface area contributed by atoms with Crippen LogP contribution in [0.2, 0.25) is 5.02 Å². The maximum atomic E-state index is 10.1. The van der Waals surface area contributed by atoms with Crippen LogP contribution in [-0.2, 0) is 0 Å². The quantitative estimate of drug-likeness (QED) is 0.509. The second kappa shape index (κ2) is 4.16. The molecule has 5 heteroatoms. The summed E-state index contributed by atoms with van der Waals surface area (Å²) in [5.74, 6) is 0. The second-order valence-electron chi connectivity index (χ2n) is 1.73. The van der Waals surface area contributed by atoms with E-state index in [1.807, 2.05) is 0 Å². The van der Waals surface area contributed by atoms with Crippen LogP contribution in [0.15, 0.2) is 24.3 Å². The van der Waals surface area contributed by atoms with Crippen molar-refractivity contribution in [2.75, 3.05) is 0 Å². The van der Waals surface area contributed by atoms with Crippen molar-refractivity contribution in [3.63, 3.8) is 0 Å². The molecule has 0 aliphatic carbocycles. The zero-order chi connectivity index (χ0) is 7.56. The van der Waals surface area contributed by atoms with Crippen LogP contribution in [0.3, 0.4) is 0 Å². The third-order valence-electron chi connectivity index (χ3n) is 1.04. The third-order valence-corrected chi connectivity index (χ3v) is 1.29. The van der Waals surface area contributed by atoms with Crippen LogP contribution in [-0.4, -0.2) is 4.92 Å². The monoisotopic (exact) mass is 193 g/mol. The number of nitrogens with zero attached hydrogens (tertiary/aromatic N) is 1. The fourth-order valence-corrected chi connectivity index (χ4v) is 0.689. The molecule has 0 aliphatic rings. The van der Waals surface area contributed by atoms with E-state index in [4.69, 9.17) is 11.6 Å². The van der Waals surface area contributed by atoms with Crippen molar-refractivity contribution < 1.29 is 4.92 Å². The van der Waals surface area contributed by atoms with Crippen molar-refractivity contribution >= 4 is 29.7 Å². The number of nitro groups is 1. The van der Waals surface area contributed by atoms with Gasteiger partial charge in [-0.2, -0.15) is 0 Å². The van der Waals surface area contributed by atoms with Gasteiger partial charge in [0.15, 0.2) is 0 Å². The van der Waals surface area contributed by atoms with Gasteiger partial charge < -0.3 is 0 Å². The lowest BCUT2D eigenvalue weighted by atomic mass is 10.3. The second-order valence-corrected chi connectivity index (χ2v) is 2.17. The van der Waals surface area contributed by atoms with E-state index in [-0.39, 0.29) is 18.1 Å². The first-order valence-corrected chi connectivity index (χ1v) is 2.98. The number of hydrogen-bond acceptors (Lipinski definition) is 2. The molecule has 0 radical (unpaired) electrons. The number of nitro benzene ring substituents is 1. The zero-order valence-electron chi connectivity index (χ0n) is 5.36. The molecule has 0 aromatic heterocycles. The summed E-state index contributed by atoms with van der Waals surface area (Å²) in [5, 5.41) is 10.6. The van der Waals surface area contributed by atoms with E-state index in [0.717, 1.165) is 0 Å². The fourth-order valence-electron chi connectivity index (χ4n) is 0.563. The van der Waals surface area contributed by atoms with Crippen molar-refractivity contribution in [3.8, 4) is 0 Å². The standard InChI is InChI=1S/C6H4ClNO2.ClH/c7-5-1-3-6(4-2-5)8(9)10;/h1-4H;1H. The average molecular weight is 194 g/mol. The minimum atomic E-state index is -0.462. The Morgan fingerprint density at radius 3 is 2.09 bits per heavy atom. The number of benzene rings is 1. The van der Waals surface area contributed by atoms with Crippen molar-refractivity contribution in [3.05, 3.63) is 39.4 Å². The molecule has 0 unspecified atom stereocenters. The van der Waals surface area contributed by atoms with E-state index < -0.39 is 4.92 Å². The highest BCUT2D eigenvalue weighted by atomic mass is 35.5. The van der Waals surface area contributed by atoms with Gasteiger partial charge in [0, 0.05) is 17.2 Å². The number of hydrogen-bond donors (Lipinski definition) is 0. The Labute approximate surface area is 74.5 Å². The Hall–Kier alpha value is -0.800. The molecule has 0 fully saturated rings. The Bertz CT molecular complexity index is 247. The summed E-state index contributed by atoms with van der Waals surface area (Å²) in [6, 6.07) is 5.70. The van der Waals surface area contributed by atoms with E-state index in [9.17, 15) is 10.1 Å². The predicted molar refractivity (Wildman–Crippen MR) is 45.4 cm³/mol. The Kier molecular flexibility index (Phi) is 3.85. The highest BCUT2D eigenvalue weighted by Crippen LogP contribution is 2.14. The van der Waals surface area contributed by atoms with Gasteiger partial charge in [-0.05, 0) is 12.1 Å². The van der Waals surface area contributed by atoms with Crippen molar-refractivity contribution in [2.45, 2.75) is 0 Å². The molecule has 0 bridgehead atoms. The van der Waals surface area contributed by atoms with Gasteiger partial charge in [-0.3, -0.25) is 10.1 Å². The number of halogens is 2. The minimum Gasteiger partial charge on any atom is -0.258 e. The van der Waals surface area contributed by atoms with Crippen LogP contribution in [0.4, 0.5) is 5.69 Å². The Balaban J connectivity index is 0.000001000. The van der Waals surface area contributed by atoms with Crippen LogP contribution >= 0.6 is 24.0 Å². The molecule has 0 amide bonds. The van der Waals surface area contributed by atoms with Gasteiger partial charge >= 0.3 is 0 Å². The maximum absolute atomic E-state index is 10.1. The van der Waals surface area contributed by atoms with E-state index in [0.29, 0.717) is 5.02 Å². The summed E-state index contributed by atoms with van der Waals surface area (Å²) >= 11 is 5.49. The largest absolute Gasteiger partial charge is 0.269 e. The van der Waals surface area contributed by atoms with Gasteiger partial charge in [0.25, 0.3) is 5.69 Å². The molecule has 0 spiro atoms. The maximum Gasteiger partial charge on any atom is 0.269 e. The van der Waals surface area contributed by atoms with E-state index in [1.165, 1.54) is 24.3 Å². The zero-order valence-corrected chi connectivity index (χ0v) is 6.93. The third kappa shape index (κ3) is 2.74. The van der Waals surface area contributed by atoms with Gasteiger partial charge in [-0.1, -0.05) is 11.6 Å². The highest BCUT2D eigenvalue weighted by Gasteiger charge is 2.01. The molecule has 0 heterocycles. The molecule has 60 valence electrons. The van der Waals surface area contributed by atoms with Crippen LogP contribution in [0, 0.1) is 10.1 Å². The summed E-state index contributed by atoms with van der Waals surface area (Å²) in [6.07, 6.45) is 0. The lowest BCUT2D eigenvalue weighted by molar-refractivity contribution is -0.384. The van der Waals surface area contributed by atoms with E-state index in [2.05, 4.69) is 0 Å². The van der Waals surface area contributed by atoms with Gasteiger partial charge in [0.2, 0.25) is 0 Å². The van der Waals surface area contributed by atoms with Crippen LogP contribution in [0.5, 0.6) is 0 Å². The highest BCUT2D eigenvalue weighted by molar-refractivity contribution is 6.30. The SMILES string of the molecule is Cl.O=[N+]([O-])c1ccc(Cl)cc1. The molecule has 0 atom stereocenters. The lowest BCUT2D eigenvalue weighted by Gasteiger charge is -1.88. The van der Waals surface area contributed by atoms with Crippen LogP contribution < -0.4 is 0 Å².